The van der Waals surface area contributed by atoms with Crippen LogP contribution in [0.2, 0.25) is 0 Å². The number of aromatic nitrogens is 2. The summed E-state index contributed by atoms with van der Waals surface area (Å²) >= 11 is 0. The molecule has 1 aliphatic carbocycles. The van der Waals surface area contributed by atoms with Gasteiger partial charge in [0.1, 0.15) is 5.82 Å². The van der Waals surface area contributed by atoms with E-state index in [2.05, 4.69) is 35.5 Å². The second-order valence-corrected chi connectivity index (χ2v) is 6.79. The van der Waals surface area contributed by atoms with Crippen LogP contribution in [0.25, 0.3) is 5.52 Å². The number of hydrogen-bond donors (Lipinski definition) is 1. The molecule has 1 aliphatic rings. The maximum Gasteiger partial charge on any atom is 0.272 e. The topological polar surface area (TPSA) is 46.4 Å². The van der Waals surface area contributed by atoms with Gasteiger partial charge in [0.2, 0.25) is 0 Å². The Labute approximate surface area is 119 Å². The number of hydrogen-bond acceptors (Lipinski definition) is 2. The van der Waals surface area contributed by atoms with Gasteiger partial charge in [-0.3, -0.25) is 4.79 Å². The van der Waals surface area contributed by atoms with E-state index in [1.807, 2.05) is 24.4 Å². The van der Waals surface area contributed by atoms with Gasteiger partial charge in [-0.1, -0.05) is 26.8 Å². The zero-order valence-corrected chi connectivity index (χ0v) is 12.3. The molecule has 20 heavy (non-hydrogen) atoms. The van der Waals surface area contributed by atoms with Crippen LogP contribution in [0.1, 0.15) is 55.8 Å². The van der Waals surface area contributed by atoms with Crippen molar-refractivity contribution in [3.05, 3.63) is 35.9 Å². The van der Waals surface area contributed by atoms with E-state index in [-0.39, 0.29) is 11.3 Å². The van der Waals surface area contributed by atoms with Crippen molar-refractivity contribution in [3.8, 4) is 0 Å². The summed E-state index contributed by atoms with van der Waals surface area (Å²) in [5.41, 5.74) is 1.53. The Hall–Kier alpha value is -1.84. The van der Waals surface area contributed by atoms with E-state index in [9.17, 15) is 4.79 Å². The predicted octanol–water partition coefficient (Wildman–Crippen LogP) is 2.99. The molecule has 106 valence electrons. The normalized spacial score (nSPS) is 15.6. The van der Waals surface area contributed by atoms with E-state index in [0.29, 0.717) is 18.2 Å². The second kappa shape index (κ2) is 4.62. The number of nitrogens with zero attached hydrogens (tertiary/aromatic N) is 2. The van der Waals surface area contributed by atoms with Crippen LogP contribution >= 0.6 is 0 Å². The van der Waals surface area contributed by atoms with E-state index in [0.717, 1.165) is 11.3 Å². The number of carbonyl (C=O) groups excluding carboxylic acids is 1. The summed E-state index contributed by atoms with van der Waals surface area (Å²) in [6, 6.07) is 5.90. The first kappa shape index (κ1) is 13.2. The molecule has 0 aliphatic heterocycles. The number of pyridine rings is 1. The number of imidazole rings is 1. The lowest BCUT2D eigenvalue weighted by molar-refractivity contribution is 0.0936. The van der Waals surface area contributed by atoms with Crippen LogP contribution in [-0.2, 0) is 0 Å². The lowest BCUT2D eigenvalue weighted by Crippen LogP contribution is -2.32. The van der Waals surface area contributed by atoms with Crippen molar-refractivity contribution in [3.63, 3.8) is 0 Å². The fraction of sp³-hybridized carbons (Fsp3) is 0.500. The first-order valence-electron chi connectivity index (χ1n) is 7.21. The van der Waals surface area contributed by atoms with Gasteiger partial charge in [-0.2, -0.15) is 0 Å². The second-order valence-electron chi connectivity index (χ2n) is 6.79. The largest absolute Gasteiger partial charge is 0.350 e. The van der Waals surface area contributed by atoms with Crippen LogP contribution in [0.3, 0.4) is 0 Å². The highest BCUT2D eigenvalue weighted by atomic mass is 16.1. The van der Waals surface area contributed by atoms with Gasteiger partial charge in [-0.05, 0) is 30.4 Å². The highest BCUT2D eigenvalue weighted by molar-refractivity contribution is 5.99. The monoisotopic (exact) mass is 271 g/mol. The Morgan fingerprint density at radius 1 is 1.40 bits per heavy atom. The molecule has 0 atom stereocenters. The van der Waals surface area contributed by atoms with Gasteiger partial charge in [0.25, 0.3) is 5.91 Å². The molecule has 0 bridgehead atoms. The SMILES string of the molecule is CC(C)(C)CNC(=O)c1nc(C2CC2)n2ccccc12. The van der Waals surface area contributed by atoms with Crippen molar-refractivity contribution < 1.29 is 4.79 Å². The van der Waals surface area contributed by atoms with Gasteiger partial charge in [0.05, 0.1) is 5.52 Å². The molecule has 1 amide bonds. The molecular formula is C16H21N3O. The molecule has 0 aromatic carbocycles. The third kappa shape index (κ3) is 2.55. The minimum absolute atomic E-state index is 0.0736. The zero-order valence-electron chi connectivity index (χ0n) is 12.3. The van der Waals surface area contributed by atoms with Crippen molar-refractivity contribution in [2.75, 3.05) is 6.54 Å². The quantitative estimate of drug-likeness (QED) is 0.932. The van der Waals surface area contributed by atoms with Crippen LogP contribution in [0, 0.1) is 5.41 Å². The molecule has 0 spiro atoms. The predicted molar refractivity (Wildman–Crippen MR) is 79.0 cm³/mol. The van der Waals surface area contributed by atoms with Crippen LogP contribution < -0.4 is 5.32 Å². The number of fused-ring (bicyclic) bond motifs is 1. The highest BCUT2D eigenvalue weighted by Gasteiger charge is 2.30. The van der Waals surface area contributed by atoms with Crippen LogP contribution in [0.5, 0.6) is 0 Å². The van der Waals surface area contributed by atoms with E-state index in [1.165, 1.54) is 12.8 Å². The average molecular weight is 271 g/mol. The summed E-state index contributed by atoms with van der Waals surface area (Å²) in [6.07, 6.45) is 4.35. The molecule has 4 nitrogen and oxygen atoms in total. The van der Waals surface area contributed by atoms with Crippen LogP contribution in [0.15, 0.2) is 24.4 Å². The van der Waals surface area contributed by atoms with Crippen LogP contribution in [0.4, 0.5) is 0 Å². The summed E-state index contributed by atoms with van der Waals surface area (Å²) in [6.45, 7) is 6.97. The standard InChI is InChI=1S/C16H21N3O/c1-16(2,3)10-17-15(20)13-12-6-4-5-9-19(12)14(18-13)11-7-8-11/h4-6,9,11H,7-8,10H2,1-3H3,(H,17,20). The highest BCUT2D eigenvalue weighted by Crippen LogP contribution is 2.39. The average Bonchev–Trinajstić information content (AvgIpc) is 3.16. The van der Waals surface area contributed by atoms with Gasteiger partial charge in [-0.25, -0.2) is 4.98 Å². The van der Waals surface area contributed by atoms with Gasteiger partial charge < -0.3 is 9.72 Å². The van der Waals surface area contributed by atoms with Crippen molar-refractivity contribution >= 4 is 11.4 Å². The third-order valence-electron chi connectivity index (χ3n) is 3.51. The van der Waals surface area contributed by atoms with Crippen LogP contribution in [-0.4, -0.2) is 21.8 Å². The number of amides is 1. The Kier molecular flexibility index (Phi) is 3.04. The van der Waals surface area contributed by atoms with Crippen molar-refractivity contribution in [2.24, 2.45) is 5.41 Å². The third-order valence-corrected chi connectivity index (χ3v) is 3.51. The Morgan fingerprint density at radius 2 is 2.15 bits per heavy atom. The molecule has 1 N–H and O–H groups in total. The first-order chi connectivity index (χ1) is 9.46. The Bertz CT molecular complexity index is 647. The van der Waals surface area contributed by atoms with Gasteiger partial charge in [-0.15, -0.1) is 0 Å². The van der Waals surface area contributed by atoms with Gasteiger partial charge in [0, 0.05) is 18.7 Å². The molecule has 0 radical (unpaired) electrons. The maximum absolute atomic E-state index is 12.4. The molecule has 0 saturated heterocycles. The van der Waals surface area contributed by atoms with E-state index in [4.69, 9.17) is 0 Å². The smallest absolute Gasteiger partial charge is 0.272 e. The van der Waals surface area contributed by atoms with Crippen molar-refractivity contribution in [2.45, 2.75) is 39.5 Å². The zero-order chi connectivity index (χ0) is 14.3. The number of nitrogens with one attached hydrogen (secondary N) is 1. The van der Waals surface area contributed by atoms with Crippen molar-refractivity contribution in [1.29, 1.82) is 0 Å². The fourth-order valence-electron chi connectivity index (χ4n) is 2.29. The summed E-state index contributed by atoms with van der Waals surface area (Å²) in [5.74, 6) is 1.48. The van der Waals surface area contributed by atoms with E-state index in [1.54, 1.807) is 0 Å². The molecule has 1 fully saturated rings. The molecular weight excluding hydrogens is 250 g/mol. The van der Waals surface area contributed by atoms with E-state index < -0.39 is 0 Å². The number of rotatable bonds is 3. The molecule has 1 saturated carbocycles. The number of carbonyl (C=O) groups is 1. The maximum atomic E-state index is 12.4. The molecule has 2 aromatic rings. The van der Waals surface area contributed by atoms with Gasteiger partial charge in [0.15, 0.2) is 5.69 Å². The minimum Gasteiger partial charge on any atom is -0.350 e. The van der Waals surface area contributed by atoms with Crippen molar-refractivity contribution in [1.82, 2.24) is 14.7 Å². The minimum atomic E-state index is -0.0736. The summed E-state index contributed by atoms with van der Waals surface area (Å²) in [5, 5.41) is 2.99. The lowest BCUT2D eigenvalue weighted by Gasteiger charge is -2.18. The molecule has 0 unspecified atom stereocenters. The summed E-state index contributed by atoms with van der Waals surface area (Å²) in [7, 11) is 0. The first-order valence-corrected chi connectivity index (χ1v) is 7.21. The lowest BCUT2D eigenvalue weighted by atomic mass is 9.97. The fourth-order valence-corrected chi connectivity index (χ4v) is 2.29. The molecule has 2 heterocycles. The Balaban J connectivity index is 1.93. The molecule has 4 heteroatoms. The van der Waals surface area contributed by atoms with E-state index >= 15 is 0 Å². The molecule has 3 rings (SSSR count). The van der Waals surface area contributed by atoms with Gasteiger partial charge >= 0.3 is 0 Å². The molecule has 2 aromatic heterocycles. The summed E-state index contributed by atoms with van der Waals surface area (Å²) < 4.78 is 2.06. The Morgan fingerprint density at radius 3 is 2.80 bits per heavy atom. The summed E-state index contributed by atoms with van der Waals surface area (Å²) in [4.78, 5) is 17.0.